The van der Waals surface area contributed by atoms with Crippen LogP contribution in [0.25, 0.3) is 5.65 Å². The first-order valence-corrected chi connectivity index (χ1v) is 7.25. The molecule has 0 spiro atoms. The van der Waals surface area contributed by atoms with E-state index >= 15 is 0 Å². The summed E-state index contributed by atoms with van der Waals surface area (Å²) in [5.41, 5.74) is 3.24. The van der Waals surface area contributed by atoms with Gasteiger partial charge in [-0.25, -0.2) is 4.98 Å². The molecule has 5 heteroatoms. The zero-order chi connectivity index (χ0) is 15.7. The average molecular weight is 294 g/mol. The van der Waals surface area contributed by atoms with Gasteiger partial charge in [0.1, 0.15) is 17.1 Å². The van der Waals surface area contributed by atoms with Gasteiger partial charge < -0.3 is 5.11 Å². The minimum Gasteiger partial charge on any atom is -0.506 e. The van der Waals surface area contributed by atoms with Crippen molar-refractivity contribution in [3.05, 3.63) is 53.9 Å². The Morgan fingerprint density at radius 3 is 2.55 bits per heavy atom. The van der Waals surface area contributed by atoms with Crippen LogP contribution in [0, 0.1) is 6.92 Å². The summed E-state index contributed by atoms with van der Waals surface area (Å²) >= 11 is 0. The lowest BCUT2D eigenvalue weighted by atomic mass is 10.1. The zero-order valence-corrected chi connectivity index (χ0v) is 12.9. The van der Waals surface area contributed by atoms with Crippen LogP contribution in [-0.4, -0.2) is 14.5 Å². The van der Waals surface area contributed by atoms with E-state index in [-0.39, 0.29) is 11.7 Å². The number of benzene rings is 1. The number of hydrogen-bond donors (Lipinski definition) is 1. The Balaban J connectivity index is 2.17. The summed E-state index contributed by atoms with van der Waals surface area (Å²) in [5.74, 6) is 1.06. The Labute approximate surface area is 129 Å². The molecule has 0 atom stereocenters. The van der Waals surface area contributed by atoms with Crippen LogP contribution in [0.3, 0.4) is 0 Å². The van der Waals surface area contributed by atoms with Crippen LogP contribution in [0.15, 0.2) is 52.7 Å². The Morgan fingerprint density at radius 2 is 1.82 bits per heavy atom. The molecule has 0 aliphatic heterocycles. The van der Waals surface area contributed by atoms with Crippen molar-refractivity contribution in [2.75, 3.05) is 0 Å². The summed E-state index contributed by atoms with van der Waals surface area (Å²) in [5, 5.41) is 18.4. The highest BCUT2D eigenvalue weighted by Gasteiger charge is 2.16. The molecule has 0 radical (unpaired) electrons. The fraction of sp³-hybridized carbons (Fsp3) is 0.235. The van der Waals surface area contributed by atoms with Gasteiger partial charge in [0.05, 0.1) is 5.69 Å². The first-order valence-electron chi connectivity index (χ1n) is 7.25. The molecule has 0 saturated carbocycles. The van der Waals surface area contributed by atoms with Crippen LogP contribution in [0.4, 0.5) is 11.5 Å². The van der Waals surface area contributed by atoms with Gasteiger partial charge in [-0.1, -0.05) is 32.0 Å². The van der Waals surface area contributed by atoms with Crippen molar-refractivity contribution in [2.24, 2.45) is 10.2 Å². The maximum Gasteiger partial charge on any atom is 0.183 e. The molecule has 5 nitrogen and oxygen atoms in total. The van der Waals surface area contributed by atoms with Gasteiger partial charge in [0.25, 0.3) is 0 Å². The molecule has 0 amide bonds. The summed E-state index contributed by atoms with van der Waals surface area (Å²) < 4.78 is 1.98. The molecule has 0 fully saturated rings. The number of aromatic nitrogens is 2. The standard InChI is InChI=1S/C17H18N4O/c1-11(2)16-17(20-19-13-8-4-5-9-14(13)22)21-12(3)7-6-10-15(21)18-16/h4-11,22H,1-3H3. The summed E-state index contributed by atoms with van der Waals surface area (Å²) in [6.07, 6.45) is 0. The Bertz CT molecular complexity index is 849. The quantitative estimate of drug-likeness (QED) is 0.699. The molecule has 112 valence electrons. The lowest BCUT2D eigenvalue weighted by molar-refractivity contribution is 0.476. The first kappa shape index (κ1) is 14.3. The number of aryl methyl sites for hydroxylation is 1. The highest BCUT2D eigenvalue weighted by Crippen LogP contribution is 2.32. The van der Waals surface area contributed by atoms with E-state index in [0.29, 0.717) is 11.5 Å². The van der Waals surface area contributed by atoms with E-state index < -0.39 is 0 Å². The van der Waals surface area contributed by atoms with Crippen molar-refractivity contribution in [1.29, 1.82) is 0 Å². The number of hydrogen-bond acceptors (Lipinski definition) is 4. The van der Waals surface area contributed by atoms with Gasteiger partial charge in [0.2, 0.25) is 0 Å². The van der Waals surface area contributed by atoms with Gasteiger partial charge in [0, 0.05) is 5.69 Å². The van der Waals surface area contributed by atoms with E-state index in [1.54, 1.807) is 18.2 Å². The van der Waals surface area contributed by atoms with E-state index in [4.69, 9.17) is 0 Å². The molecule has 1 N–H and O–H groups in total. The molecule has 2 heterocycles. The third-order valence-corrected chi connectivity index (χ3v) is 3.52. The minimum absolute atomic E-state index is 0.114. The number of imidazole rings is 1. The van der Waals surface area contributed by atoms with Crippen LogP contribution in [0.5, 0.6) is 5.75 Å². The van der Waals surface area contributed by atoms with Gasteiger partial charge in [-0.05, 0) is 37.1 Å². The number of nitrogens with zero attached hydrogens (tertiary/aromatic N) is 4. The van der Waals surface area contributed by atoms with Crippen LogP contribution in [0.2, 0.25) is 0 Å². The van der Waals surface area contributed by atoms with Gasteiger partial charge in [0.15, 0.2) is 5.82 Å². The lowest BCUT2D eigenvalue weighted by Crippen LogP contribution is -1.90. The van der Waals surface area contributed by atoms with Crippen molar-refractivity contribution in [3.63, 3.8) is 0 Å². The first-order chi connectivity index (χ1) is 10.6. The fourth-order valence-corrected chi connectivity index (χ4v) is 2.39. The van der Waals surface area contributed by atoms with Gasteiger partial charge in [-0.3, -0.25) is 4.40 Å². The smallest absolute Gasteiger partial charge is 0.183 e. The van der Waals surface area contributed by atoms with Gasteiger partial charge in [-0.2, -0.15) is 0 Å². The molecule has 3 rings (SSSR count). The van der Waals surface area contributed by atoms with Crippen molar-refractivity contribution >= 4 is 17.2 Å². The Kier molecular flexibility index (Phi) is 3.63. The van der Waals surface area contributed by atoms with Crippen LogP contribution in [-0.2, 0) is 0 Å². The molecule has 0 aliphatic rings. The number of phenolic OH excluding ortho intramolecular Hbond substituents is 1. The number of para-hydroxylation sites is 1. The molecule has 0 unspecified atom stereocenters. The zero-order valence-electron chi connectivity index (χ0n) is 12.9. The van der Waals surface area contributed by atoms with Gasteiger partial charge in [-0.15, -0.1) is 10.2 Å². The van der Waals surface area contributed by atoms with E-state index in [2.05, 4.69) is 29.1 Å². The fourth-order valence-electron chi connectivity index (χ4n) is 2.39. The van der Waals surface area contributed by atoms with Crippen molar-refractivity contribution in [3.8, 4) is 5.75 Å². The molecular formula is C17H18N4O. The Morgan fingerprint density at radius 1 is 1.05 bits per heavy atom. The summed E-state index contributed by atoms with van der Waals surface area (Å²) in [6, 6.07) is 12.8. The number of phenols is 1. The molecular weight excluding hydrogens is 276 g/mol. The second-order valence-corrected chi connectivity index (χ2v) is 5.52. The summed E-state index contributed by atoms with van der Waals surface area (Å²) in [7, 11) is 0. The maximum absolute atomic E-state index is 9.81. The third kappa shape index (κ3) is 2.45. The van der Waals surface area contributed by atoms with Crippen LogP contribution < -0.4 is 0 Å². The van der Waals surface area contributed by atoms with Crippen molar-refractivity contribution in [2.45, 2.75) is 26.7 Å². The highest BCUT2D eigenvalue weighted by atomic mass is 16.3. The highest BCUT2D eigenvalue weighted by molar-refractivity contribution is 5.55. The summed E-state index contributed by atoms with van der Waals surface area (Å²) in [4.78, 5) is 4.65. The average Bonchev–Trinajstić information content (AvgIpc) is 2.87. The number of fused-ring (bicyclic) bond motifs is 1. The molecule has 1 aromatic carbocycles. The molecule has 2 aromatic heterocycles. The largest absolute Gasteiger partial charge is 0.506 e. The van der Waals surface area contributed by atoms with E-state index in [0.717, 1.165) is 17.0 Å². The predicted octanol–water partition coefficient (Wildman–Crippen LogP) is 4.89. The molecule has 0 saturated heterocycles. The second kappa shape index (κ2) is 5.60. The third-order valence-electron chi connectivity index (χ3n) is 3.52. The molecule has 0 aliphatic carbocycles. The summed E-state index contributed by atoms with van der Waals surface area (Å²) in [6.45, 7) is 6.17. The number of azo groups is 1. The second-order valence-electron chi connectivity index (χ2n) is 5.52. The van der Waals surface area contributed by atoms with Crippen LogP contribution >= 0.6 is 0 Å². The maximum atomic E-state index is 9.81. The monoisotopic (exact) mass is 294 g/mol. The molecule has 3 aromatic rings. The van der Waals surface area contributed by atoms with E-state index in [9.17, 15) is 5.11 Å². The SMILES string of the molecule is Cc1cccc2nc(C(C)C)c(N=Nc3ccccc3O)n12. The normalized spacial score (nSPS) is 11.8. The number of aromatic hydroxyl groups is 1. The molecule has 0 bridgehead atoms. The van der Waals surface area contributed by atoms with Crippen molar-refractivity contribution < 1.29 is 5.11 Å². The topological polar surface area (TPSA) is 62.2 Å². The van der Waals surface area contributed by atoms with Gasteiger partial charge >= 0.3 is 0 Å². The van der Waals surface area contributed by atoms with E-state index in [1.807, 2.05) is 35.6 Å². The predicted molar refractivity (Wildman–Crippen MR) is 86.3 cm³/mol. The number of rotatable bonds is 3. The lowest BCUT2D eigenvalue weighted by Gasteiger charge is -2.04. The Hall–Kier alpha value is -2.69. The van der Waals surface area contributed by atoms with Crippen molar-refractivity contribution in [1.82, 2.24) is 9.38 Å². The number of pyridine rings is 1. The minimum atomic E-state index is 0.114. The van der Waals surface area contributed by atoms with E-state index in [1.165, 1.54) is 0 Å². The van der Waals surface area contributed by atoms with Crippen LogP contribution in [0.1, 0.15) is 31.2 Å². The molecule has 22 heavy (non-hydrogen) atoms.